The van der Waals surface area contributed by atoms with Crippen LogP contribution in [0.25, 0.3) is 11.0 Å². The smallest absolute Gasteiger partial charge is 0.221 e. The van der Waals surface area contributed by atoms with Crippen LogP contribution in [0.4, 0.5) is 4.39 Å². The summed E-state index contributed by atoms with van der Waals surface area (Å²) in [7, 11) is 1.84. The molecule has 0 saturated carbocycles. The minimum absolute atomic E-state index is 0.0650. The molecular formula is C14H19FN4O. The molecule has 1 amide bonds. The van der Waals surface area contributed by atoms with Crippen LogP contribution in [0.3, 0.4) is 0 Å². The van der Waals surface area contributed by atoms with Crippen molar-refractivity contribution in [1.82, 2.24) is 14.9 Å². The van der Waals surface area contributed by atoms with Crippen molar-refractivity contribution < 1.29 is 9.18 Å². The summed E-state index contributed by atoms with van der Waals surface area (Å²) in [4.78, 5) is 15.9. The molecule has 0 radical (unpaired) electrons. The number of nitrogens with zero attached hydrogens (tertiary/aromatic N) is 2. The van der Waals surface area contributed by atoms with Gasteiger partial charge in [-0.05, 0) is 25.1 Å². The third-order valence-corrected chi connectivity index (χ3v) is 3.11. The Morgan fingerprint density at radius 1 is 1.55 bits per heavy atom. The predicted molar refractivity (Wildman–Crippen MR) is 75.7 cm³/mol. The zero-order valence-corrected chi connectivity index (χ0v) is 11.7. The van der Waals surface area contributed by atoms with Crippen LogP contribution in [0.1, 0.15) is 19.2 Å². The Bertz CT molecular complexity index is 621. The van der Waals surface area contributed by atoms with Gasteiger partial charge in [-0.2, -0.15) is 0 Å². The summed E-state index contributed by atoms with van der Waals surface area (Å²) in [5.41, 5.74) is 7.06. The van der Waals surface area contributed by atoms with Gasteiger partial charge in [0.1, 0.15) is 11.6 Å². The number of imidazole rings is 1. The second-order valence-corrected chi connectivity index (χ2v) is 5.00. The molecule has 0 bridgehead atoms. The number of nitrogens with one attached hydrogen (secondary N) is 1. The Kier molecular flexibility index (Phi) is 4.34. The number of halogens is 1. The van der Waals surface area contributed by atoms with Gasteiger partial charge in [0.25, 0.3) is 0 Å². The molecular weight excluding hydrogens is 259 g/mol. The molecule has 3 N–H and O–H groups in total. The molecule has 108 valence electrons. The molecule has 1 aromatic heterocycles. The van der Waals surface area contributed by atoms with E-state index in [0.717, 1.165) is 16.9 Å². The van der Waals surface area contributed by atoms with Gasteiger partial charge in [-0.25, -0.2) is 9.37 Å². The first-order valence-electron chi connectivity index (χ1n) is 6.60. The fraction of sp³-hybridized carbons (Fsp3) is 0.429. The topological polar surface area (TPSA) is 72.9 Å². The molecule has 6 heteroatoms. The van der Waals surface area contributed by atoms with E-state index >= 15 is 0 Å². The number of fused-ring (bicyclic) bond motifs is 1. The zero-order chi connectivity index (χ0) is 14.7. The number of rotatable bonds is 5. The van der Waals surface area contributed by atoms with Gasteiger partial charge in [-0.15, -0.1) is 0 Å². The summed E-state index contributed by atoms with van der Waals surface area (Å²) in [5.74, 6) is 0.466. The maximum Gasteiger partial charge on any atom is 0.221 e. The van der Waals surface area contributed by atoms with Crippen LogP contribution < -0.4 is 11.1 Å². The van der Waals surface area contributed by atoms with Gasteiger partial charge in [0.05, 0.1) is 11.0 Å². The molecule has 1 atom stereocenters. The molecule has 0 spiro atoms. The molecule has 1 heterocycles. The van der Waals surface area contributed by atoms with Crippen molar-refractivity contribution in [3.8, 4) is 0 Å². The lowest BCUT2D eigenvalue weighted by Gasteiger charge is -2.07. The number of hydrogen-bond donors (Lipinski definition) is 2. The van der Waals surface area contributed by atoms with E-state index in [1.54, 1.807) is 13.0 Å². The van der Waals surface area contributed by atoms with Gasteiger partial charge >= 0.3 is 0 Å². The highest BCUT2D eigenvalue weighted by Gasteiger charge is 2.09. The predicted octanol–water partition coefficient (Wildman–Crippen LogP) is 1.11. The Morgan fingerprint density at radius 2 is 2.30 bits per heavy atom. The lowest BCUT2D eigenvalue weighted by molar-refractivity contribution is -0.121. The second kappa shape index (κ2) is 6.00. The molecule has 0 fully saturated rings. The number of aryl methyl sites for hydroxylation is 1. The van der Waals surface area contributed by atoms with Crippen LogP contribution in [0.5, 0.6) is 0 Å². The fourth-order valence-corrected chi connectivity index (χ4v) is 2.11. The Labute approximate surface area is 117 Å². The summed E-state index contributed by atoms with van der Waals surface area (Å²) >= 11 is 0. The monoisotopic (exact) mass is 278 g/mol. The SMILES string of the molecule is CC(N)CC(=O)NCCc1nc2ccc(F)cc2n1C. The second-order valence-electron chi connectivity index (χ2n) is 5.00. The highest BCUT2D eigenvalue weighted by atomic mass is 19.1. The average Bonchev–Trinajstić information content (AvgIpc) is 2.66. The van der Waals surface area contributed by atoms with Crippen molar-refractivity contribution >= 4 is 16.9 Å². The fourth-order valence-electron chi connectivity index (χ4n) is 2.11. The van der Waals surface area contributed by atoms with Gasteiger partial charge in [-0.1, -0.05) is 0 Å². The van der Waals surface area contributed by atoms with Crippen LogP contribution in [-0.4, -0.2) is 28.0 Å². The van der Waals surface area contributed by atoms with Crippen molar-refractivity contribution in [3.05, 3.63) is 29.8 Å². The molecule has 2 rings (SSSR count). The van der Waals surface area contributed by atoms with E-state index in [-0.39, 0.29) is 17.8 Å². The molecule has 5 nitrogen and oxygen atoms in total. The molecule has 1 unspecified atom stereocenters. The normalized spacial score (nSPS) is 12.6. The Balaban J connectivity index is 2.00. The minimum atomic E-state index is -0.280. The minimum Gasteiger partial charge on any atom is -0.356 e. The van der Waals surface area contributed by atoms with Gasteiger partial charge < -0.3 is 15.6 Å². The number of hydrogen-bond acceptors (Lipinski definition) is 3. The molecule has 20 heavy (non-hydrogen) atoms. The summed E-state index contributed by atoms with van der Waals surface area (Å²) in [6.07, 6.45) is 0.908. The molecule has 1 aromatic carbocycles. The highest BCUT2D eigenvalue weighted by molar-refractivity contribution is 5.77. The van der Waals surface area contributed by atoms with Gasteiger partial charge in [0, 0.05) is 32.5 Å². The van der Waals surface area contributed by atoms with E-state index in [1.165, 1.54) is 12.1 Å². The molecule has 0 saturated heterocycles. The van der Waals surface area contributed by atoms with E-state index in [2.05, 4.69) is 10.3 Å². The van der Waals surface area contributed by atoms with Gasteiger partial charge in [0.15, 0.2) is 0 Å². The number of amides is 1. The van der Waals surface area contributed by atoms with E-state index in [9.17, 15) is 9.18 Å². The standard InChI is InChI=1S/C14H19FN4O/c1-9(16)7-14(20)17-6-5-13-18-11-4-3-10(15)8-12(11)19(13)2/h3-4,8-9H,5-7,16H2,1-2H3,(H,17,20). The maximum atomic E-state index is 13.2. The lowest BCUT2D eigenvalue weighted by Crippen LogP contribution is -2.31. The zero-order valence-electron chi connectivity index (χ0n) is 11.7. The molecule has 0 aliphatic rings. The van der Waals surface area contributed by atoms with Crippen LogP contribution in [0.2, 0.25) is 0 Å². The average molecular weight is 278 g/mol. The van der Waals surface area contributed by atoms with E-state index < -0.39 is 0 Å². The van der Waals surface area contributed by atoms with Crippen molar-refractivity contribution in [2.75, 3.05) is 6.54 Å². The number of aromatic nitrogens is 2. The summed E-state index contributed by atoms with van der Waals surface area (Å²) in [5, 5.41) is 2.80. The van der Waals surface area contributed by atoms with Crippen molar-refractivity contribution in [2.24, 2.45) is 12.8 Å². The van der Waals surface area contributed by atoms with Crippen molar-refractivity contribution in [1.29, 1.82) is 0 Å². The van der Waals surface area contributed by atoms with Crippen LogP contribution in [0.15, 0.2) is 18.2 Å². The van der Waals surface area contributed by atoms with E-state index in [1.807, 2.05) is 11.6 Å². The maximum absolute atomic E-state index is 13.2. The Hall–Kier alpha value is -1.95. The number of carbonyl (C=O) groups excluding carboxylic acids is 1. The number of carbonyl (C=O) groups is 1. The van der Waals surface area contributed by atoms with Crippen molar-refractivity contribution in [2.45, 2.75) is 25.8 Å². The van der Waals surface area contributed by atoms with Gasteiger partial charge in [-0.3, -0.25) is 4.79 Å². The van der Waals surface area contributed by atoms with Crippen molar-refractivity contribution in [3.63, 3.8) is 0 Å². The first kappa shape index (κ1) is 14.5. The summed E-state index contributed by atoms with van der Waals surface area (Å²) < 4.78 is 15.0. The largest absolute Gasteiger partial charge is 0.356 e. The highest BCUT2D eigenvalue weighted by Crippen LogP contribution is 2.16. The molecule has 0 aliphatic carbocycles. The van der Waals surface area contributed by atoms with E-state index in [0.29, 0.717) is 19.4 Å². The van der Waals surface area contributed by atoms with Crippen LogP contribution in [0, 0.1) is 5.82 Å². The first-order valence-corrected chi connectivity index (χ1v) is 6.60. The molecule has 2 aromatic rings. The lowest BCUT2D eigenvalue weighted by atomic mass is 10.2. The number of nitrogens with two attached hydrogens (primary N) is 1. The van der Waals surface area contributed by atoms with Crippen LogP contribution >= 0.6 is 0 Å². The van der Waals surface area contributed by atoms with E-state index in [4.69, 9.17) is 5.73 Å². The third-order valence-electron chi connectivity index (χ3n) is 3.11. The van der Waals surface area contributed by atoms with Gasteiger partial charge in [0.2, 0.25) is 5.91 Å². The number of benzene rings is 1. The first-order chi connectivity index (χ1) is 9.47. The summed E-state index contributed by atoms with van der Waals surface area (Å²) in [6, 6.07) is 4.36. The quantitative estimate of drug-likeness (QED) is 0.860. The van der Waals surface area contributed by atoms with Crippen LogP contribution in [-0.2, 0) is 18.3 Å². The summed E-state index contributed by atoms with van der Waals surface area (Å²) in [6.45, 7) is 2.28. The molecule has 0 aliphatic heterocycles. The Morgan fingerprint density at radius 3 is 3.00 bits per heavy atom. The third kappa shape index (κ3) is 3.33.